The van der Waals surface area contributed by atoms with Crippen molar-refractivity contribution in [3.8, 4) is 0 Å². The molecule has 0 aromatic carbocycles. The first-order chi connectivity index (χ1) is 6.56. The molecule has 0 aromatic rings. The molecule has 1 heterocycles. The molecule has 1 aliphatic heterocycles. The summed E-state index contributed by atoms with van der Waals surface area (Å²) in [7, 11) is 1.67. The molecule has 0 aromatic heterocycles. The molecule has 5 heteroatoms. The van der Waals surface area contributed by atoms with Gasteiger partial charge in [-0.05, 0) is 13.5 Å². The zero-order valence-electron chi connectivity index (χ0n) is 8.56. The minimum absolute atomic E-state index is 0.0202. The third kappa shape index (κ3) is 2.23. The van der Waals surface area contributed by atoms with Gasteiger partial charge in [0, 0.05) is 13.1 Å². The van der Waals surface area contributed by atoms with E-state index in [1.54, 1.807) is 16.8 Å². The van der Waals surface area contributed by atoms with Crippen molar-refractivity contribution in [3.63, 3.8) is 0 Å². The second-order valence-electron chi connectivity index (χ2n) is 3.61. The normalized spacial score (nSPS) is 24.0. The average molecular weight is 200 g/mol. The Hall–Kier alpha value is -1.10. The average Bonchev–Trinajstić information content (AvgIpc) is 2.09. The first-order valence-corrected chi connectivity index (χ1v) is 4.77. The SMILES string of the molecule is CCCN1CC(C(=O)O)N(C)CC1=O. The van der Waals surface area contributed by atoms with Crippen molar-refractivity contribution < 1.29 is 14.7 Å². The lowest BCUT2D eigenvalue weighted by molar-refractivity contribution is -0.150. The van der Waals surface area contributed by atoms with Crippen molar-refractivity contribution in [2.24, 2.45) is 0 Å². The molecule has 1 N–H and O–H groups in total. The molecule has 1 unspecified atom stereocenters. The van der Waals surface area contributed by atoms with Gasteiger partial charge >= 0.3 is 5.97 Å². The monoisotopic (exact) mass is 200 g/mol. The van der Waals surface area contributed by atoms with Crippen LogP contribution in [0.1, 0.15) is 13.3 Å². The van der Waals surface area contributed by atoms with Crippen LogP contribution in [0.3, 0.4) is 0 Å². The summed E-state index contributed by atoms with van der Waals surface area (Å²) >= 11 is 0. The third-order valence-corrected chi connectivity index (χ3v) is 2.44. The summed E-state index contributed by atoms with van der Waals surface area (Å²) in [4.78, 5) is 25.5. The zero-order valence-corrected chi connectivity index (χ0v) is 8.56. The van der Waals surface area contributed by atoms with E-state index in [-0.39, 0.29) is 12.5 Å². The van der Waals surface area contributed by atoms with E-state index in [1.807, 2.05) is 6.92 Å². The van der Waals surface area contributed by atoms with Crippen LogP contribution in [-0.4, -0.2) is 59.5 Å². The molecule has 1 fully saturated rings. The van der Waals surface area contributed by atoms with E-state index in [0.29, 0.717) is 13.1 Å². The Morgan fingerprint density at radius 2 is 2.29 bits per heavy atom. The predicted molar refractivity (Wildman–Crippen MR) is 50.9 cm³/mol. The maximum absolute atomic E-state index is 11.5. The highest BCUT2D eigenvalue weighted by Crippen LogP contribution is 2.09. The molecule has 1 saturated heterocycles. The van der Waals surface area contributed by atoms with E-state index in [2.05, 4.69) is 0 Å². The number of hydrogen-bond donors (Lipinski definition) is 1. The van der Waals surface area contributed by atoms with Gasteiger partial charge in [0.25, 0.3) is 0 Å². The standard InChI is InChI=1S/C9H16N2O3/c1-3-4-11-5-7(9(13)14)10(2)6-8(11)12/h7H,3-6H2,1-2H3,(H,13,14). The van der Waals surface area contributed by atoms with E-state index in [9.17, 15) is 9.59 Å². The Labute approximate surface area is 83.3 Å². The molecule has 5 nitrogen and oxygen atoms in total. The van der Waals surface area contributed by atoms with Gasteiger partial charge in [-0.25, -0.2) is 0 Å². The number of carbonyl (C=O) groups excluding carboxylic acids is 1. The van der Waals surface area contributed by atoms with Gasteiger partial charge in [-0.1, -0.05) is 6.92 Å². The number of carboxylic acid groups (broad SMARTS) is 1. The lowest BCUT2D eigenvalue weighted by Gasteiger charge is -2.36. The van der Waals surface area contributed by atoms with Crippen molar-refractivity contribution in [1.29, 1.82) is 0 Å². The predicted octanol–water partition coefficient (Wildman–Crippen LogP) is -0.376. The van der Waals surface area contributed by atoms with E-state index in [1.165, 1.54) is 0 Å². The highest BCUT2D eigenvalue weighted by Gasteiger charge is 2.33. The van der Waals surface area contributed by atoms with Gasteiger partial charge in [0.15, 0.2) is 0 Å². The Bertz CT molecular complexity index is 242. The largest absolute Gasteiger partial charge is 0.480 e. The first kappa shape index (κ1) is 11.0. The Morgan fingerprint density at radius 1 is 1.64 bits per heavy atom. The number of hydrogen-bond acceptors (Lipinski definition) is 3. The van der Waals surface area contributed by atoms with Gasteiger partial charge in [-0.3, -0.25) is 14.5 Å². The summed E-state index contributed by atoms with van der Waals surface area (Å²) in [6.45, 7) is 3.13. The van der Waals surface area contributed by atoms with Crippen LogP contribution in [0, 0.1) is 0 Å². The fourth-order valence-corrected chi connectivity index (χ4v) is 1.63. The number of carbonyl (C=O) groups is 2. The zero-order chi connectivity index (χ0) is 10.7. The molecule has 1 aliphatic rings. The summed E-state index contributed by atoms with van der Waals surface area (Å²) in [5.41, 5.74) is 0. The summed E-state index contributed by atoms with van der Waals surface area (Å²) in [5, 5.41) is 8.90. The minimum atomic E-state index is -0.860. The number of rotatable bonds is 3. The first-order valence-electron chi connectivity index (χ1n) is 4.77. The molecule has 0 spiro atoms. The van der Waals surface area contributed by atoms with Crippen molar-refractivity contribution in [1.82, 2.24) is 9.80 Å². The van der Waals surface area contributed by atoms with Gasteiger partial charge < -0.3 is 10.0 Å². The molecule has 1 rings (SSSR count). The topological polar surface area (TPSA) is 60.9 Å². The highest BCUT2D eigenvalue weighted by atomic mass is 16.4. The Morgan fingerprint density at radius 3 is 2.79 bits per heavy atom. The van der Waals surface area contributed by atoms with E-state index in [0.717, 1.165) is 6.42 Å². The summed E-state index contributed by atoms with van der Waals surface area (Å²) in [6, 6.07) is -0.556. The number of amides is 1. The molecule has 0 radical (unpaired) electrons. The van der Waals surface area contributed by atoms with Crippen LogP contribution in [-0.2, 0) is 9.59 Å². The lowest BCUT2D eigenvalue weighted by Crippen LogP contribution is -2.57. The maximum atomic E-state index is 11.5. The van der Waals surface area contributed by atoms with Crippen LogP contribution >= 0.6 is 0 Å². The summed E-state index contributed by atoms with van der Waals surface area (Å²) < 4.78 is 0. The maximum Gasteiger partial charge on any atom is 0.322 e. The fraction of sp³-hybridized carbons (Fsp3) is 0.778. The van der Waals surface area contributed by atoms with Crippen molar-refractivity contribution >= 4 is 11.9 Å². The number of likely N-dealkylation sites (N-methyl/N-ethyl adjacent to an activating group) is 1. The second kappa shape index (κ2) is 4.41. The molecule has 80 valence electrons. The van der Waals surface area contributed by atoms with Crippen LogP contribution < -0.4 is 0 Å². The number of aliphatic carboxylic acids is 1. The van der Waals surface area contributed by atoms with Crippen LogP contribution in [0.2, 0.25) is 0 Å². The van der Waals surface area contributed by atoms with Gasteiger partial charge in [-0.2, -0.15) is 0 Å². The minimum Gasteiger partial charge on any atom is -0.480 e. The molecular formula is C9H16N2O3. The Balaban J connectivity index is 2.65. The molecule has 1 atom stereocenters. The number of nitrogens with zero attached hydrogens (tertiary/aromatic N) is 2. The summed E-state index contributed by atoms with van der Waals surface area (Å²) in [5.74, 6) is -0.840. The van der Waals surface area contributed by atoms with E-state index < -0.39 is 12.0 Å². The molecule has 0 saturated carbocycles. The van der Waals surface area contributed by atoms with Crippen LogP contribution in [0.5, 0.6) is 0 Å². The molecular weight excluding hydrogens is 184 g/mol. The van der Waals surface area contributed by atoms with Crippen molar-refractivity contribution in [3.05, 3.63) is 0 Å². The number of piperazine rings is 1. The molecule has 0 aliphatic carbocycles. The van der Waals surface area contributed by atoms with E-state index in [4.69, 9.17) is 5.11 Å². The van der Waals surface area contributed by atoms with E-state index >= 15 is 0 Å². The Kier molecular flexibility index (Phi) is 3.46. The molecule has 0 bridgehead atoms. The number of carboxylic acids is 1. The van der Waals surface area contributed by atoms with Gasteiger partial charge in [-0.15, -0.1) is 0 Å². The van der Waals surface area contributed by atoms with Gasteiger partial charge in [0.2, 0.25) is 5.91 Å². The molecule has 1 amide bonds. The van der Waals surface area contributed by atoms with Crippen LogP contribution in [0.15, 0.2) is 0 Å². The van der Waals surface area contributed by atoms with Gasteiger partial charge in [0.1, 0.15) is 6.04 Å². The van der Waals surface area contributed by atoms with Crippen molar-refractivity contribution in [2.75, 3.05) is 26.7 Å². The second-order valence-corrected chi connectivity index (χ2v) is 3.61. The highest BCUT2D eigenvalue weighted by molar-refractivity contribution is 5.83. The quantitative estimate of drug-likeness (QED) is 0.675. The van der Waals surface area contributed by atoms with Crippen molar-refractivity contribution in [2.45, 2.75) is 19.4 Å². The fourth-order valence-electron chi connectivity index (χ4n) is 1.63. The van der Waals surface area contributed by atoms with Crippen LogP contribution in [0.4, 0.5) is 0 Å². The lowest BCUT2D eigenvalue weighted by atomic mass is 10.1. The third-order valence-electron chi connectivity index (χ3n) is 2.44. The van der Waals surface area contributed by atoms with Gasteiger partial charge in [0.05, 0.1) is 6.54 Å². The molecule has 14 heavy (non-hydrogen) atoms. The van der Waals surface area contributed by atoms with Crippen LogP contribution in [0.25, 0.3) is 0 Å². The smallest absolute Gasteiger partial charge is 0.322 e. The summed E-state index contributed by atoms with van der Waals surface area (Å²) in [6.07, 6.45) is 0.863.